The summed E-state index contributed by atoms with van der Waals surface area (Å²) in [6.07, 6.45) is 2.45. The summed E-state index contributed by atoms with van der Waals surface area (Å²) in [7, 11) is 0. The minimum atomic E-state index is -1.24. The van der Waals surface area contributed by atoms with Crippen LogP contribution in [0.3, 0.4) is 0 Å². The second-order valence-electron chi connectivity index (χ2n) is 6.18. The van der Waals surface area contributed by atoms with Crippen molar-refractivity contribution >= 4 is 5.97 Å². The Morgan fingerprint density at radius 1 is 1.50 bits per heavy atom. The van der Waals surface area contributed by atoms with Gasteiger partial charge in [0, 0.05) is 6.61 Å². The molecule has 2 unspecified atom stereocenters. The van der Waals surface area contributed by atoms with Gasteiger partial charge in [-0.25, -0.2) is 0 Å². The van der Waals surface area contributed by atoms with E-state index in [9.17, 15) is 20.3 Å². The number of aryl methyl sites for hydroxylation is 1. The van der Waals surface area contributed by atoms with Crippen molar-refractivity contribution in [2.45, 2.75) is 50.7 Å². The number of carbonyl (C=O) groups is 1. The quantitative estimate of drug-likeness (QED) is 0.796. The van der Waals surface area contributed by atoms with Gasteiger partial charge in [-0.1, -0.05) is 12.1 Å². The van der Waals surface area contributed by atoms with E-state index in [0.717, 1.165) is 19.3 Å². The molecule has 0 radical (unpaired) electrons. The van der Waals surface area contributed by atoms with Crippen LogP contribution in [0.1, 0.15) is 43.2 Å². The maximum atomic E-state index is 11.3. The Bertz CT molecular complexity index is 618. The number of nitriles is 1. The SMILES string of the molecule is Cc1ccc(C(C#N)(CCOC2CCCCO2)CC(=O)O)cc1O. The van der Waals surface area contributed by atoms with Crippen molar-refractivity contribution in [1.82, 2.24) is 0 Å². The molecule has 1 aliphatic rings. The fraction of sp³-hybridized carbons (Fsp3) is 0.556. The van der Waals surface area contributed by atoms with Crippen LogP contribution in [-0.4, -0.2) is 35.7 Å². The molecule has 24 heavy (non-hydrogen) atoms. The Morgan fingerprint density at radius 2 is 2.29 bits per heavy atom. The lowest BCUT2D eigenvalue weighted by molar-refractivity contribution is -0.164. The zero-order valence-electron chi connectivity index (χ0n) is 13.8. The van der Waals surface area contributed by atoms with E-state index in [-0.39, 0.29) is 31.5 Å². The van der Waals surface area contributed by atoms with Gasteiger partial charge in [0.15, 0.2) is 6.29 Å². The first-order valence-corrected chi connectivity index (χ1v) is 8.13. The average molecular weight is 333 g/mol. The molecule has 0 aliphatic carbocycles. The molecular formula is C18H23NO5. The summed E-state index contributed by atoms with van der Waals surface area (Å²) in [6, 6.07) is 6.98. The average Bonchev–Trinajstić information content (AvgIpc) is 2.57. The maximum absolute atomic E-state index is 11.3. The number of benzene rings is 1. The summed E-state index contributed by atoms with van der Waals surface area (Å²) >= 11 is 0. The topological polar surface area (TPSA) is 99.8 Å². The van der Waals surface area contributed by atoms with E-state index in [4.69, 9.17) is 9.47 Å². The summed E-state index contributed by atoms with van der Waals surface area (Å²) < 4.78 is 11.2. The van der Waals surface area contributed by atoms with Crippen molar-refractivity contribution in [2.75, 3.05) is 13.2 Å². The number of ether oxygens (including phenoxy) is 2. The van der Waals surface area contributed by atoms with Gasteiger partial charge < -0.3 is 19.7 Å². The van der Waals surface area contributed by atoms with Gasteiger partial charge in [0.1, 0.15) is 5.75 Å². The van der Waals surface area contributed by atoms with Crippen LogP contribution in [0.4, 0.5) is 0 Å². The Hall–Kier alpha value is -2.10. The molecule has 1 fully saturated rings. The molecule has 1 aromatic carbocycles. The molecule has 6 heteroatoms. The summed E-state index contributed by atoms with van der Waals surface area (Å²) in [4.78, 5) is 11.3. The standard InChI is InChI=1S/C18H23NO5/c1-13-5-6-14(10-15(13)20)18(12-19,11-16(21)22)7-9-24-17-4-2-3-8-23-17/h5-6,10,17,20H,2-4,7-9,11H2,1H3,(H,21,22). The number of aromatic hydroxyl groups is 1. The number of aliphatic carboxylic acids is 1. The molecule has 2 rings (SSSR count). The van der Waals surface area contributed by atoms with Gasteiger partial charge in [-0.05, 0) is 49.8 Å². The van der Waals surface area contributed by atoms with Gasteiger partial charge in [-0.2, -0.15) is 5.26 Å². The highest BCUT2D eigenvalue weighted by Crippen LogP contribution is 2.34. The highest BCUT2D eigenvalue weighted by atomic mass is 16.7. The van der Waals surface area contributed by atoms with E-state index < -0.39 is 11.4 Å². The number of phenolic OH excluding ortho intramolecular Hbond substituents is 1. The lowest BCUT2D eigenvalue weighted by Gasteiger charge is -2.28. The van der Waals surface area contributed by atoms with Crippen molar-refractivity contribution in [1.29, 1.82) is 5.26 Å². The lowest BCUT2D eigenvalue weighted by Crippen LogP contribution is -2.31. The molecule has 0 amide bonds. The number of rotatable bonds is 7. The summed E-state index contributed by atoms with van der Waals surface area (Å²) in [5.41, 5.74) is -0.0810. The van der Waals surface area contributed by atoms with Crippen molar-refractivity contribution < 1.29 is 24.5 Å². The minimum absolute atomic E-state index is 0.0500. The molecule has 1 saturated heterocycles. The van der Waals surface area contributed by atoms with Crippen molar-refractivity contribution in [3.8, 4) is 11.8 Å². The molecule has 2 N–H and O–H groups in total. The molecule has 1 heterocycles. The highest BCUT2D eigenvalue weighted by molar-refractivity contribution is 5.70. The first kappa shape index (κ1) is 18.2. The third kappa shape index (κ3) is 4.47. The normalized spacial score (nSPS) is 20.1. The van der Waals surface area contributed by atoms with Crippen LogP contribution in [0.5, 0.6) is 5.75 Å². The Balaban J connectivity index is 2.14. The predicted octanol–water partition coefficient (Wildman–Crippen LogP) is 2.87. The molecule has 0 aromatic heterocycles. The van der Waals surface area contributed by atoms with Crippen LogP contribution >= 0.6 is 0 Å². The van der Waals surface area contributed by atoms with E-state index in [2.05, 4.69) is 6.07 Å². The maximum Gasteiger partial charge on any atom is 0.305 e. The molecular weight excluding hydrogens is 310 g/mol. The molecule has 130 valence electrons. The van der Waals surface area contributed by atoms with Gasteiger partial charge in [0.05, 0.1) is 24.5 Å². The number of carboxylic acid groups (broad SMARTS) is 1. The third-order valence-electron chi connectivity index (χ3n) is 4.40. The Labute approximate surface area is 141 Å². The van der Waals surface area contributed by atoms with Crippen LogP contribution in [0, 0.1) is 18.3 Å². The van der Waals surface area contributed by atoms with Gasteiger partial charge in [-0.3, -0.25) is 4.79 Å². The number of phenols is 1. The molecule has 0 bridgehead atoms. The first-order chi connectivity index (χ1) is 11.5. The number of nitrogens with zero attached hydrogens (tertiary/aromatic N) is 1. The molecule has 0 spiro atoms. The lowest BCUT2D eigenvalue weighted by atomic mass is 9.76. The second-order valence-corrected chi connectivity index (χ2v) is 6.18. The Morgan fingerprint density at radius 3 is 2.88 bits per heavy atom. The fourth-order valence-electron chi connectivity index (χ4n) is 2.87. The number of hydrogen-bond donors (Lipinski definition) is 2. The zero-order valence-corrected chi connectivity index (χ0v) is 13.8. The fourth-order valence-corrected chi connectivity index (χ4v) is 2.87. The van der Waals surface area contributed by atoms with Crippen LogP contribution in [-0.2, 0) is 19.7 Å². The van der Waals surface area contributed by atoms with E-state index >= 15 is 0 Å². The van der Waals surface area contributed by atoms with Crippen LogP contribution in [0.25, 0.3) is 0 Å². The molecule has 1 aromatic rings. The van der Waals surface area contributed by atoms with Crippen molar-refractivity contribution in [3.05, 3.63) is 29.3 Å². The van der Waals surface area contributed by atoms with Gasteiger partial charge in [0.2, 0.25) is 0 Å². The van der Waals surface area contributed by atoms with E-state index in [0.29, 0.717) is 17.7 Å². The monoisotopic (exact) mass is 333 g/mol. The van der Waals surface area contributed by atoms with Crippen molar-refractivity contribution in [2.24, 2.45) is 0 Å². The van der Waals surface area contributed by atoms with E-state index in [1.165, 1.54) is 6.07 Å². The zero-order chi connectivity index (χ0) is 17.6. The molecule has 2 atom stereocenters. The number of carboxylic acids is 1. The minimum Gasteiger partial charge on any atom is -0.508 e. The van der Waals surface area contributed by atoms with Crippen LogP contribution in [0.15, 0.2) is 18.2 Å². The molecule has 6 nitrogen and oxygen atoms in total. The summed E-state index contributed by atoms with van der Waals surface area (Å²) in [5, 5.41) is 28.8. The predicted molar refractivity (Wildman–Crippen MR) is 86.5 cm³/mol. The van der Waals surface area contributed by atoms with Gasteiger partial charge in [0.25, 0.3) is 0 Å². The summed E-state index contributed by atoms with van der Waals surface area (Å²) in [6.45, 7) is 2.63. The van der Waals surface area contributed by atoms with Crippen LogP contribution in [0.2, 0.25) is 0 Å². The van der Waals surface area contributed by atoms with E-state index in [1.54, 1.807) is 19.1 Å². The second kappa shape index (κ2) is 8.13. The highest BCUT2D eigenvalue weighted by Gasteiger charge is 2.36. The van der Waals surface area contributed by atoms with E-state index in [1.807, 2.05) is 0 Å². The molecule has 1 aliphatic heterocycles. The first-order valence-electron chi connectivity index (χ1n) is 8.13. The van der Waals surface area contributed by atoms with Gasteiger partial charge >= 0.3 is 5.97 Å². The van der Waals surface area contributed by atoms with Gasteiger partial charge in [-0.15, -0.1) is 0 Å². The van der Waals surface area contributed by atoms with Crippen molar-refractivity contribution in [3.63, 3.8) is 0 Å². The number of hydrogen-bond acceptors (Lipinski definition) is 5. The Kier molecular flexibility index (Phi) is 6.18. The largest absolute Gasteiger partial charge is 0.508 e. The van der Waals surface area contributed by atoms with Crippen LogP contribution < -0.4 is 0 Å². The summed E-state index contributed by atoms with van der Waals surface area (Å²) in [5.74, 6) is -1.01. The smallest absolute Gasteiger partial charge is 0.305 e. The molecule has 0 saturated carbocycles. The third-order valence-corrected chi connectivity index (χ3v) is 4.40.